The SMILES string of the molecule is COC(C)(CSc1cn[nH]n1)c1ccccc1. The summed E-state index contributed by atoms with van der Waals surface area (Å²) in [6, 6.07) is 10.2. The van der Waals surface area contributed by atoms with Crippen molar-refractivity contribution in [3.8, 4) is 0 Å². The molecule has 0 aliphatic rings. The quantitative estimate of drug-likeness (QED) is 0.827. The number of benzene rings is 1. The van der Waals surface area contributed by atoms with Crippen LogP contribution in [0.15, 0.2) is 41.6 Å². The molecule has 1 unspecified atom stereocenters. The zero-order valence-electron chi connectivity index (χ0n) is 9.88. The summed E-state index contributed by atoms with van der Waals surface area (Å²) >= 11 is 1.62. The number of aromatic amines is 1. The van der Waals surface area contributed by atoms with Crippen LogP contribution in [0, 0.1) is 0 Å². The fourth-order valence-corrected chi connectivity index (χ4v) is 2.46. The van der Waals surface area contributed by atoms with Gasteiger partial charge in [0.1, 0.15) is 5.03 Å². The Hall–Kier alpha value is -1.33. The van der Waals surface area contributed by atoms with Crippen molar-refractivity contribution in [1.82, 2.24) is 15.4 Å². The Kier molecular flexibility index (Phi) is 3.81. The summed E-state index contributed by atoms with van der Waals surface area (Å²) in [4.78, 5) is 0. The Morgan fingerprint density at radius 2 is 2.12 bits per heavy atom. The smallest absolute Gasteiger partial charge is 0.138 e. The van der Waals surface area contributed by atoms with Crippen molar-refractivity contribution >= 4 is 11.8 Å². The summed E-state index contributed by atoms with van der Waals surface area (Å²) in [5.74, 6) is 0.792. The van der Waals surface area contributed by atoms with Crippen LogP contribution < -0.4 is 0 Å². The first kappa shape index (κ1) is 12.1. The van der Waals surface area contributed by atoms with E-state index >= 15 is 0 Å². The third-order valence-corrected chi connectivity index (χ3v) is 3.91. The highest BCUT2D eigenvalue weighted by molar-refractivity contribution is 7.99. The maximum Gasteiger partial charge on any atom is 0.138 e. The minimum atomic E-state index is -0.315. The Morgan fingerprint density at radius 3 is 2.71 bits per heavy atom. The Balaban J connectivity index is 2.09. The third-order valence-electron chi connectivity index (χ3n) is 2.72. The molecule has 0 aliphatic carbocycles. The predicted octanol–water partition coefficient (Wildman–Crippen LogP) is 2.46. The maximum absolute atomic E-state index is 5.64. The zero-order chi connectivity index (χ0) is 12.1. The normalized spacial score (nSPS) is 14.5. The molecule has 0 amide bonds. The molecule has 0 saturated heterocycles. The second-order valence-corrected chi connectivity index (χ2v) is 4.89. The number of nitrogens with one attached hydrogen (secondary N) is 1. The zero-order valence-corrected chi connectivity index (χ0v) is 10.7. The third kappa shape index (κ3) is 2.87. The summed E-state index contributed by atoms with van der Waals surface area (Å²) in [6.07, 6.45) is 1.71. The number of methoxy groups -OCH3 is 1. The van der Waals surface area contributed by atoms with Crippen LogP contribution >= 0.6 is 11.8 Å². The van der Waals surface area contributed by atoms with Crippen molar-refractivity contribution in [2.75, 3.05) is 12.9 Å². The van der Waals surface area contributed by atoms with E-state index in [-0.39, 0.29) is 5.60 Å². The fourth-order valence-electron chi connectivity index (χ4n) is 1.52. The number of hydrogen-bond donors (Lipinski definition) is 1. The van der Waals surface area contributed by atoms with Crippen molar-refractivity contribution < 1.29 is 4.74 Å². The predicted molar refractivity (Wildman–Crippen MR) is 67.9 cm³/mol. The fraction of sp³-hybridized carbons (Fsp3) is 0.333. The van der Waals surface area contributed by atoms with E-state index in [0.717, 1.165) is 10.8 Å². The number of thioether (sulfide) groups is 1. The number of H-pyrrole nitrogens is 1. The summed E-state index contributed by atoms with van der Waals surface area (Å²) < 4.78 is 5.64. The molecule has 90 valence electrons. The van der Waals surface area contributed by atoms with Gasteiger partial charge >= 0.3 is 0 Å². The van der Waals surface area contributed by atoms with Crippen LogP contribution in [0.4, 0.5) is 0 Å². The highest BCUT2D eigenvalue weighted by atomic mass is 32.2. The number of hydrogen-bond acceptors (Lipinski definition) is 4. The molecule has 1 atom stereocenters. The van der Waals surface area contributed by atoms with E-state index in [1.54, 1.807) is 25.1 Å². The van der Waals surface area contributed by atoms with Gasteiger partial charge in [0.15, 0.2) is 0 Å². The van der Waals surface area contributed by atoms with Gasteiger partial charge in [0.2, 0.25) is 0 Å². The highest BCUT2D eigenvalue weighted by Gasteiger charge is 2.26. The summed E-state index contributed by atoms with van der Waals surface area (Å²) in [6.45, 7) is 2.08. The molecule has 1 heterocycles. The van der Waals surface area contributed by atoms with Crippen LogP contribution in [0.3, 0.4) is 0 Å². The summed E-state index contributed by atoms with van der Waals surface area (Å²) in [5.41, 5.74) is 0.851. The van der Waals surface area contributed by atoms with Gasteiger partial charge in [-0.3, -0.25) is 0 Å². The van der Waals surface area contributed by atoms with Crippen molar-refractivity contribution in [2.45, 2.75) is 17.6 Å². The molecular weight excluding hydrogens is 234 g/mol. The van der Waals surface area contributed by atoms with Gasteiger partial charge in [-0.2, -0.15) is 10.3 Å². The first-order valence-corrected chi connectivity index (χ1v) is 6.32. The highest BCUT2D eigenvalue weighted by Crippen LogP contribution is 2.30. The Morgan fingerprint density at radius 1 is 1.35 bits per heavy atom. The lowest BCUT2D eigenvalue weighted by atomic mass is 9.98. The first-order valence-electron chi connectivity index (χ1n) is 5.34. The molecule has 0 bridgehead atoms. The van der Waals surface area contributed by atoms with Gasteiger partial charge in [-0.05, 0) is 12.5 Å². The van der Waals surface area contributed by atoms with Crippen molar-refractivity contribution in [1.29, 1.82) is 0 Å². The molecule has 1 aromatic carbocycles. The van der Waals surface area contributed by atoms with Gasteiger partial charge in [-0.1, -0.05) is 42.1 Å². The molecule has 17 heavy (non-hydrogen) atoms. The van der Waals surface area contributed by atoms with Crippen molar-refractivity contribution in [3.63, 3.8) is 0 Å². The van der Waals surface area contributed by atoms with Gasteiger partial charge in [-0.15, -0.1) is 5.10 Å². The van der Waals surface area contributed by atoms with Crippen molar-refractivity contribution in [3.05, 3.63) is 42.1 Å². The van der Waals surface area contributed by atoms with Gasteiger partial charge in [0.05, 0.1) is 11.8 Å². The van der Waals surface area contributed by atoms with E-state index < -0.39 is 0 Å². The van der Waals surface area contributed by atoms with Crippen LogP contribution in [0.2, 0.25) is 0 Å². The molecule has 0 fully saturated rings. The second-order valence-electron chi connectivity index (χ2n) is 3.90. The number of nitrogens with zero attached hydrogens (tertiary/aromatic N) is 2. The van der Waals surface area contributed by atoms with Crippen LogP contribution in [0.5, 0.6) is 0 Å². The lowest BCUT2D eigenvalue weighted by molar-refractivity contribution is 0.0237. The molecule has 1 aromatic heterocycles. The molecule has 0 aliphatic heterocycles. The molecule has 5 heteroatoms. The average molecular weight is 249 g/mol. The van der Waals surface area contributed by atoms with E-state index in [4.69, 9.17) is 4.74 Å². The molecule has 0 spiro atoms. The molecule has 0 saturated carbocycles. The van der Waals surface area contributed by atoms with Gasteiger partial charge in [0.25, 0.3) is 0 Å². The first-order chi connectivity index (χ1) is 8.24. The van der Waals surface area contributed by atoms with E-state index in [0.29, 0.717) is 0 Å². The average Bonchev–Trinajstić information content (AvgIpc) is 2.90. The van der Waals surface area contributed by atoms with Crippen LogP contribution in [0.1, 0.15) is 12.5 Å². The minimum Gasteiger partial charge on any atom is -0.373 e. The lowest BCUT2D eigenvalue weighted by Gasteiger charge is -2.27. The Bertz CT molecular complexity index is 446. The monoisotopic (exact) mass is 249 g/mol. The molecule has 4 nitrogen and oxygen atoms in total. The number of ether oxygens (including phenoxy) is 1. The second kappa shape index (κ2) is 5.33. The van der Waals surface area contributed by atoms with E-state index in [9.17, 15) is 0 Å². The van der Waals surface area contributed by atoms with Crippen molar-refractivity contribution in [2.24, 2.45) is 0 Å². The van der Waals surface area contributed by atoms with Gasteiger partial charge < -0.3 is 4.74 Å². The molecule has 2 rings (SSSR count). The molecule has 2 aromatic rings. The summed E-state index contributed by atoms with van der Waals surface area (Å²) in [7, 11) is 1.73. The number of rotatable bonds is 5. The molecule has 0 radical (unpaired) electrons. The number of aromatic nitrogens is 3. The van der Waals surface area contributed by atoms with E-state index in [1.165, 1.54) is 5.56 Å². The van der Waals surface area contributed by atoms with Crippen LogP contribution in [-0.4, -0.2) is 28.3 Å². The van der Waals surface area contributed by atoms with Crippen LogP contribution in [0.25, 0.3) is 0 Å². The van der Waals surface area contributed by atoms with E-state index in [2.05, 4.69) is 34.5 Å². The minimum absolute atomic E-state index is 0.315. The lowest BCUT2D eigenvalue weighted by Crippen LogP contribution is -2.27. The maximum atomic E-state index is 5.64. The largest absolute Gasteiger partial charge is 0.373 e. The molecular formula is C12H15N3OS. The topological polar surface area (TPSA) is 50.8 Å². The standard InChI is InChI=1S/C12H15N3OS/c1-12(16-2,10-6-4-3-5-7-10)9-17-11-8-13-15-14-11/h3-8H,9H2,1-2H3,(H,13,14,15). The Labute approximate surface area is 105 Å². The van der Waals surface area contributed by atoms with Gasteiger partial charge in [-0.25, -0.2) is 0 Å². The van der Waals surface area contributed by atoms with E-state index in [1.807, 2.05) is 18.2 Å². The van der Waals surface area contributed by atoms with Gasteiger partial charge in [0, 0.05) is 12.9 Å². The summed E-state index contributed by atoms with van der Waals surface area (Å²) in [5, 5.41) is 11.3. The van der Waals surface area contributed by atoms with Crippen LogP contribution in [-0.2, 0) is 10.3 Å². The molecule has 1 N–H and O–H groups in total.